The SMILES string of the molecule is CC(C)(C)N(C(=O)O)c1cccc(COCc2cccc([N+](=O)[O-])c2)c1. The molecule has 1 amide bonds. The van der Waals surface area contributed by atoms with Crippen LogP contribution in [0.2, 0.25) is 0 Å². The number of hydrogen-bond acceptors (Lipinski definition) is 4. The van der Waals surface area contributed by atoms with E-state index in [2.05, 4.69) is 0 Å². The zero-order chi connectivity index (χ0) is 19.3. The zero-order valence-electron chi connectivity index (χ0n) is 15.0. The van der Waals surface area contributed by atoms with Gasteiger partial charge in [-0.25, -0.2) is 4.79 Å². The predicted octanol–water partition coefficient (Wildman–Crippen LogP) is 4.59. The van der Waals surface area contributed by atoms with Crippen LogP contribution in [0.3, 0.4) is 0 Å². The first-order chi connectivity index (χ1) is 12.2. The Bertz CT molecular complexity index is 799. The van der Waals surface area contributed by atoms with Gasteiger partial charge in [0.15, 0.2) is 0 Å². The largest absolute Gasteiger partial charge is 0.465 e. The summed E-state index contributed by atoms with van der Waals surface area (Å²) in [5.74, 6) is 0. The second-order valence-corrected chi connectivity index (χ2v) is 6.88. The lowest BCUT2D eigenvalue weighted by Gasteiger charge is -2.33. The van der Waals surface area contributed by atoms with Crippen molar-refractivity contribution in [1.82, 2.24) is 0 Å². The van der Waals surface area contributed by atoms with Crippen LogP contribution in [0.15, 0.2) is 48.5 Å². The van der Waals surface area contributed by atoms with E-state index >= 15 is 0 Å². The molecule has 0 fully saturated rings. The summed E-state index contributed by atoms with van der Waals surface area (Å²) >= 11 is 0. The number of carbonyl (C=O) groups is 1. The van der Waals surface area contributed by atoms with E-state index in [-0.39, 0.29) is 18.9 Å². The molecule has 2 aromatic rings. The molecule has 0 aromatic heterocycles. The van der Waals surface area contributed by atoms with Gasteiger partial charge in [-0.3, -0.25) is 15.0 Å². The predicted molar refractivity (Wildman–Crippen MR) is 98.3 cm³/mol. The van der Waals surface area contributed by atoms with Crippen molar-refractivity contribution in [1.29, 1.82) is 0 Å². The number of rotatable bonds is 6. The third-order valence-corrected chi connectivity index (χ3v) is 3.69. The molecule has 26 heavy (non-hydrogen) atoms. The van der Waals surface area contributed by atoms with Gasteiger partial charge in [0, 0.05) is 23.4 Å². The van der Waals surface area contributed by atoms with Gasteiger partial charge in [0.25, 0.3) is 5.69 Å². The van der Waals surface area contributed by atoms with Gasteiger partial charge in [0.1, 0.15) is 0 Å². The molecular formula is C19H22N2O5. The van der Waals surface area contributed by atoms with Crippen LogP contribution in [0.25, 0.3) is 0 Å². The number of hydrogen-bond donors (Lipinski definition) is 1. The van der Waals surface area contributed by atoms with Crippen LogP contribution in [0, 0.1) is 10.1 Å². The fourth-order valence-electron chi connectivity index (χ4n) is 2.62. The number of anilines is 1. The molecule has 7 nitrogen and oxygen atoms in total. The molecule has 0 bridgehead atoms. The van der Waals surface area contributed by atoms with Gasteiger partial charge in [-0.2, -0.15) is 0 Å². The summed E-state index contributed by atoms with van der Waals surface area (Å²) in [4.78, 5) is 23.2. The van der Waals surface area contributed by atoms with Crippen molar-refractivity contribution in [3.63, 3.8) is 0 Å². The number of non-ortho nitro benzene ring substituents is 1. The Hall–Kier alpha value is -2.93. The molecular weight excluding hydrogens is 336 g/mol. The molecule has 0 spiro atoms. The van der Waals surface area contributed by atoms with Gasteiger partial charge in [-0.05, 0) is 44.0 Å². The van der Waals surface area contributed by atoms with E-state index in [0.717, 1.165) is 5.56 Å². The summed E-state index contributed by atoms with van der Waals surface area (Å²) in [5, 5.41) is 20.3. The van der Waals surface area contributed by atoms with Gasteiger partial charge in [0.2, 0.25) is 0 Å². The van der Waals surface area contributed by atoms with E-state index in [0.29, 0.717) is 11.3 Å². The summed E-state index contributed by atoms with van der Waals surface area (Å²) in [5.41, 5.74) is 1.55. The average molecular weight is 358 g/mol. The molecule has 0 heterocycles. The van der Waals surface area contributed by atoms with Crippen molar-refractivity contribution in [2.24, 2.45) is 0 Å². The molecule has 0 atom stereocenters. The number of ether oxygens (including phenoxy) is 1. The summed E-state index contributed by atoms with van der Waals surface area (Å²) in [6, 6.07) is 13.4. The summed E-state index contributed by atoms with van der Waals surface area (Å²) in [7, 11) is 0. The number of nitro groups is 1. The first-order valence-electron chi connectivity index (χ1n) is 8.11. The van der Waals surface area contributed by atoms with Crippen molar-refractivity contribution in [2.75, 3.05) is 4.90 Å². The van der Waals surface area contributed by atoms with Crippen LogP contribution < -0.4 is 4.90 Å². The first kappa shape index (κ1) is 19.4. The number of amides is 1. The average Bonchev–Trinajstić information content (AvgIpc) is 2.54. The van der Waals surface area contributed by atoms with Crippen molar-refractivity contribution < 1.29 is 19.6 Å². The quantitative estimate of drug-likeness (QED) is 0.602. The van der Waals surface area contributed by atoms with Gasteiger partial charge in [0.05, 0.1) is 18.1 Å². The van der Waals surface area contributed by atoms with Crippen LogP contribution in [-0.4, -0.2) is 21.7 Å². The fraction of sp³-hybridized carbons (Fsp3) is 0.316. The third kappa shape index (κ3) is 5.03. The van der Waals surface area contributed by atoms with E-state index in [9.17, 15) is 20.0 Å². The minimum atomic E-state index is -1.02. The van der Waals surface area contributed by atoms with Crippen molar-refractivity contribution in [2.45, 2.75) is 39.5 Å². The van der Waals surface area contributed by atoms with Crippen LogP contribution in [0.4, 0.5) is 16.2 Å². The normalized spacial score (nSPS) is 11.2. The highest BCUT2D eigenvalue weighted by Gasteiger charge is 2.27. The van der Waals surface area contributed by atoms with Crippen LogP contribution in [-0.2, 0) is 18.0 Å². The smallest absolute Gasteiger partial charge is 0.412 e. The van der Waals surface area contributed by atoms with E-state index in [1.54, 1.807) is 30.3 Å². The molecule has 0 saturated heterocycles. The van der Waals surface area contributed by atoms with Gasteiger partial charge < -0.3 is 9.84 Å². The second kappa shape index (κ2) is 7.97. The number of nitrogens with zero attached hydrogens (tertiary/aromatic N) is 2. The molecule has 0 unspecified atom stereocenters. The van der Waals surface area contributed by atoms with E-state index in [1.165, 1.54) is 17.0 Å². The van der Waals surface area contributed by atoms with Crippen molar-refractivity contribution in [3.05, 3.63) is 69.8 Å². The maximum atomic E-state index is 11.6. The summed E-state index contributed by atoms with van der Waals surface area (Å²) in [6.45, 7) is 5.98. The van der Waals surface area contributed by atoms with Crippen molar-refractivity contribution >= 4 is 17.5 Å². The Morgan fingerprint density at radius 1 is 1.12 bits per heavy atom. The molecule has 2 rings (SSSR count). The van der Waals surface area contributed by atoms with Gasteiger partial charge in [-0.1, -0.05) is 24.3 Å². The maximum absolute atomic E-state index is 11.6. The Morgan fingerprint density at radius 2 is 1.69 bits per heavy atom. The third-order valence-electron chi connectivity index (χ3n) is 3.69. The van der Waals surface area contributed by atoms with Crippen LogP contribution in [0.5, 0.6) is 0 Å². The monoisotopic (exact) mass is 358 g/mol. The lowest BCUT2D eigenvalue weighted by Crippen LogP contribution is -2.45. The minimum Gasteiger partial charge on any atom is -0.465 e. The lowest BCUT2D eigenvalue weighted by molar-refractivity contribution is -0.384. The molecule has 0 saturated carbocycles. The highest BCUT2D eigenvalue weighted by molar-refractivity contribution is 5.87. The number of benzene rings is 2. The molecule has 7 heteroatoms. The molecule has 0 aliphatic heterocycles. The van der Waals surface area contributed by atoms with E-state index in [1.807, 2.05) is 26.8 Å². The molecule has 0 radical (unpaired) electrons. The minimum absolute atomic E-state index is 0.0235. The molecule has 0 aliphatic carbocycles. The molecule has 0 aliphatic rings. The molecule has 2 aromatic carbocycles. The molecule has 1 N–H and O–H groups in total. The van der Waals surface area contributed by atoms with E-state index < -0.39 is 16.6 Å². The summed E-state index contributed by atoms with van der Waals surface area (Å²) in [6.07, 6.45) is -1.02. The number of carboxylic acid groups (broad SMARTS) is 1. The Kier molecular flexibility index (Phi) is 5.94. The molecule has 138 valence electrons. The maximum Gasteiger partial charge on any atom is 0.412 e. The zero-order valence-corrected chi connectivity index (χ0v) is 15.0. The number of nitro benzene ring substituents is 1. The summed E-state index contributed by atoms with van der Waals surface area (Å²) < 4.78 is 5.63. The fourth-order valence-corrected chi connectivity index (χ4v) is 2.62. The van der Waals surface area contributed by atoms with E-state index in [4.69, 9.17) is 4.74 Å². The van der Waals surface area contributed by atoms with Crippen LogP contribution >= 0.6 is 0 Å². The highest BCUT2D eigenvalue weighted by Crippen LogP contribution is 2.25. The highest BCUT2D eigenvalue weighted by atomic mass is 16.6. The van der Waals surface area contributed by atoms with Gasteiger partial charge in [-0.15, -0.1) is 0 Å². The standard InChI is InChI=1S/C19H22N2O5/c1-19(2,3)20(18(22)23)16-8-4-6-14(10-16)12-26-13-15-7-5-9-17(11-15)21(24)25/h4-11H,12-13H2,1-3H3,(H,22,23). The van der Waals surface area contributed by atoms with Gasteiger partial charge >= 0.3 is 6.09 Å². The Labute approximate surface area is 152 Å². The lowest BCUT2D eigenvalue weighted by atomic mass is 10.0. The Balaban J connectivity index is 2.06. The topological polar surface area (TPSA) is 92.9 Å². The first-order valence-corrected chi connectivity index (χ1v) is 8.11. The van der Waals surface area contributed by atoms with Crippen LogP contribution in [0.1, 0.15) is 31.9 Å². The second-order valence-electron chi connectivity index (χ2n) is 6.88. The van der Waals surface area contributed by atoms with Crippen molar-refractivity contribution in [3.8, 4) is 0 Å². The Morgan fingerprint density at radius 3 is 2.23 bits per heavy atom.